The zero-order valence-corrected chi connectivity index (χ0v) is 24.7. The highest BCUT2D eigenvalue weighted by molar-refractivity contribution is 7.92. The van der Waals surface area contributed by atoms with Crippen molar-refractivity contribution >= 4 is 50.5 Å². The van der Waals surface area contributed by atoms with E-state index in [9.17, 15) is 13.2 Å². The van der Waals surface area contributed by atoms with Crippen molar-refractivity contribution in [2.75, 3.05) is 56.2 Å². The van der Waals surface area contributed by atoms with E-state index in [0.717, 1.165) is 48.9 Å². The summed E-state index contributed by atoms with van der Waals surface area (Å²) < 4.78 is 27.5. The smallest absolute Gasteiger partial charge is 0.240 e. The zero-order chi connectivity index (χ0) is 28.2. The predicted molar refractivity (Wildman–Crippen MR) is 161 cm³/mol. The summed E-state index contributed by atoms with van der Waals surface area (Å²) >= 11 is 12.2. The van der Waals surface area contributed by atoms with Gasteiger partial charge >= 0.3 is 0 Å². The fraction of sp³-hybridized carbons (Fsp3) is 0.345. The van der Waals surface area contributed by atoms with E-state index in [1.807, 2.05) is 60.5 Å². The molecule has 1 saturated heterocycles. The van der Waals surface area contributed by atoms with E-state index >= 15 is 0 Å². The molecule has 39 heavy (non-hydrogen) atoms. The molecule has 208 valence electrons. The molecular formula is C29H34Cl2N4O3S. The number of hydrogen-bond acceptors (Lipinski definition) is 5. The largest absolute Gasteiger partial charge is 0.314 e. The highest BCUT2D eigenvalue weighted by Crippen LogP contribution is 2.34. The van der Waals surface area contributed by atoms with Crippen molar-refractivity contribution in [1.82, 2.24) is 9.80 Å². The van der Waals surface area contributed by atoms with Crippen LogP contribution in [0.15, 0.2) is 66.7 Å². The lowest BCUT2D eigenvalue weighted by Gasteiger charge is -2.34. The average Bonchev–Trinajstić information content (AvgIpc) is 3.41. The topological polar surface area (TPSA) is 73.0 Å². The van der Waals surface area contributed by atoms with Crippen LogP contribution in [0.25, 0.3) is 11.1 Å². The maximum atomic E-state index is 13.4. The van der Waals surface area contributed by atoms with Gasteiger partial charge in [0.1, 0.15) is 0 Å². The van der Waals surface area contributed by atoms with Crippen LogP contribution in [0.4, 0.5) is 11.4 Å². The first-order chi connectivity index (χ1) is 18.5. The van der Waals surface area contributed by atoms with Gasteiger partial charge in [-0.1, -0.05) is 65.7 Å². The lowest BCUT2D eigenvalue weighted by molar-refractivity contribution is -0.119. The number of hydrogen-bond donors (Lipinski definition) is 1. The van der Waals surface area contributed by atoms with E-state index < -0.39 is 10.0 Å². The normalized spacial score (nSPS) is 14.9. The van der Waals surface area contributed by atoms with Crippen LogP contribution in [0.5, 0.6) is 0 Å². The Morgan fingerprint density at radius 2 is 1.64 bits per heavy atom. The van der Waals surface area contributed by atoms with Crippen molar-refractivity contribution in [2.45, 2.75) is 18.9 Å². The summed E-state index contributed by atoms with van der Waals surface area (Å²) in [5.41, 5.74) is 3.87. The standard InChI is InChI=1S/C29H34Cl2N4O3S/c1-33(20-29(36)34(2)23-12-14-25(30)26(31)18-23)28(19-35-15-7-8-16-35)24-13-11-22(21-9-5-4-6-10-21)17-27(24)32-39(3,37)38/h4-6,9-14,17-18,28,32H,7-8,15-16,19-20H2,1-3H3. The number of rotatable bonds is 10. The van der Waals surface area contributed by atoms with Crippen LogP contribution in [0.3, 0.4) is 0 Å². The molecule has 4 rings (SSSR count). The molecule has 0 aromatic heterocycles. The number of amides is 1. The van der Waals surface area contributed by atoms with Gasteiger partial charge in [-0.3, -0.25) is 14.4 Å². The second-order valence-electron chi connectivity index (χ2n) is 10.0. The van der Waals surface area contributed by atoms with Crippen LogP contribution in [0.2, 0.25) is 10.0 Å². The Balaban J connectivity index is 1.67. The van der Waals surface area contributed by atoms with Crippen LogP contribution >= 0.6 is 23.2 Å². The monoisotopic (exact) mass is 588 g/mol. The number of nitrogens with zero attached hydrogens (tertiary/aromatic N) is 3. The number of halogens is 2. The zero-order valence-electron chi connectivity index (χ0n) is 22.4. The number of carbonyl (C=O) groups is 1. The first-order valence-corrected chi connectivity index (χ1v) is 15.5. The number of sulfonamides is 1. The third-order valence-electron chi connectivity index (χ3n) is 7.03. The summed E-state index contributed by atoms with van der Waals surface area (Å²) in [6, 6.07) is 20.5. The van der Waals surface area contributed by atoms with E-state index in [-0.39, 0.29) is 18.5 Å². The summed E-state index contributed by atoms with van der Waals surface area (Å²) in [4.78, 5) is 19.3. The summed E-state index contributed by atoms with van der Waals surface area (Å²) in [5, 5.41) is 0.804. The number of anilines is 2. The molecule has 0 spiro atoms. The average molecular weight is 590 g/mol. The molecule has 1 fully saturated rings. The van der Waals surface area contributed by atoms with Crippen LogP contribution in [0.1, 0.15) is 24.4 Å². The van der Waals surface area contributed by atoms with Gasteiger partial charge in [-0.05, 0) is 73.9 Å². The molecule has 0 saturated carbocycles. The quantitative estimate of drug-likeness (QED) is 0.326. The maximum absolute atomic E-state index is 13.4. The van der Waals surface area contributed by atoms with E-state index in [0.29, 0.717) is 28.0 Å². The Labute approximate surface area is 241 Å². The second kappa shape index (κ2) is 12.7. The lowest BCUT2D eigenvalue weighted by atomic mass is 9.97. The second-order valence-corrected chi connectivity index (χ2v) is 12.6. The van der Waals surface area contributed by atoms with Crippen molar-refractivity contribution in [3.05, 3.63) is 82.3 Å². The van der Waals surface area contributed by atoms with E-state index in [1.165, 1.54) is 0 Å². The van der Waals surface area contributed by atoms with Crippen molar-refractivity contribution < 1.29 is 13.2 Å². The van der Waals surface area contributed by atoms with Crippen molar-refractivity contribution in [2.24, 2.45) is 0 Å². The van der Waals surface area contributed by atoms with Gasteiger partial charge in [0, 0.05) is 25.3 Å². The molecule has 3 aromatic rings. The van der Waals surface area contributed by atoms with Crippen molar-refractivity contribution in [1.29, 1.82) is 0 Å². The highest BCUT2D eigenvalue weighted by atomic mass is 35.5. The summed E-state index contributed by atoms with van der Waals surface area (Å²) in [6.45, 7) is 2.73. The Morgan fingerprint density at radius 1 is 0.949 bits per heavy atom. The van der Waals surface area contributed by atoms with Gasteiger partial charge in [-0.25, -0.2) is 8.42 Å². The van der Waals surface area contributed by atoms with Gasteiger partial charge in [0.05, 0.1) is 28.5 Å². The number of carbonyl (C=O) groups excluding carboxylic acids is 1. The molecule has 0 aliphatic carbocycles. The lowest BCUT2D eigenvalue weighted by Crippen LogP contribution is -2.42. The molecule has 3 aromatic carbocycles. The molecule has 1 aliphatic rings. The number of likely N-dealkylation sites (tertiary alicyclic amines) is 1. The number of likely N-dealkylation sites (N-methyl/N-ethyl adjacent to an activating group) is 2. The first-order valence-electron chi connectivity index (χ1n) is 12.8. The van der Waals surface area contributed by atoms with Gasteiger partial charge in [0.15, 0.2) is 0 Å². The minimum Gasteiger partial charge on any atom is -0.314 e. The highest BCUT2D eigenvalue weighted by Gasteiger charge is 2.28. The third kappa shape index (κ3) is 7.74. The molecule has 1 atom stereocenters. The first kappa shape index (κ1) is 29.4. The van der Waals surface area contributed by atoms with Crippen molar-refractivity contribution in [3.63, 3.8) is 0 Å². The van der Waals surface area contributed by atoms with E-state index in [4.69, 9.17) is 23.2 Å². The SMILES string of the molecule is CN(C(=O)CN(C)C(CN1CCCC1)c1ccc(-c2ccccc2)cc1NS(C)(=O)=O)c1ccc(Cl)c(Cl)c1. The summed E-state index contributed by atoms with van der Waals surface area (Å²) in [5.74, 6) is -0.124. The summed E-state index contributed by atoms with van der Waals surface area (Å²) in [7, 11) is 0.0585. The van der Waals surface area contributed by atoms with Crippen LogP contribution in [-0.4, -0.2) is 70.7 Å². The molecule has 1 aliphatic heterocycles. The van der Waals surface area contributed by atoms with Crippen LogP contribution < -0.4 is 9.62 Å². The molecule has 1 N–H and O–H groups in total. The van der Waals surface area contributed by atoms with Gasteiger partial charge in [0.25, 0.3) is 0 Å². The summed E-state index contributed by atoms with van der Waals surface area (Å²) in [6.07, 6.45) is 3.40. The van der Waals surface area contributed by atoms with Crippen molar-refractivity contribution in [3.8, 4) is 11.1 Å². The van der Waals surface area contributed by atoms with Crippen LogP contribution in [0, 0.1) is 0 Å². The minimum absolute atomic E-state index is 0.119. The Kier molecular flexibility index (Phi) is 9.56. The number of benzene rings is 3. The molecule has 0 bridgehead atoms. The molecule has 1 amide bonds. The van der Waals surface area contributed by atoms with Gasteiger partial charge in [-0.2, -0.15) is 0 Å². The Bertz CT molecular complexity index is 1410. The third-order valence-corrected chi connectivity index (χ3v) is 8.36. The molecule has 10 heteroatoms. The number of nitrogens with one attached hydrogen (secondary N) is 1. The Hall–Kier alpha value is -2.62. The van der Waals surface area contributed by atoms with E-state index in [2.05, 4.69) is 9.62 Å². The fourth-order valence-electron chi connectivity index (χ4n) is 4.90. The fourth-order valence-corrected chi connectivity index (χ4v) is 5.77. The van der Waals surface area contributed by atoms with Crippen LogP contribution in [-0.2, 0) is 14.8 Å². The molecule has 7 nitrogen and oxygen atoms in total. The van der Waals surface area contributed by atoms with Gasteiger partial charge < -0.3 is 9.80 Å². The maximum Gasteiger partial charge on any atom is 0.240 e. The molecular weight excluding hydrogens is 555 g/mol. The van der Waals surface area contributed by atoms with E-state index in [1.54, 1.807) is 30.1 Å². The Morgan fingerprint density at radius 3 is 2.28 bits per heavy atom. The minimum atomic E-state index is -3.55. The molecule has 0 radical (unpaired) electrons. The van der Waals surface area contributed by atoms with Gasteiger partial charge in [-0.15, -0.1) is 0 Å². The predicted octanol–water partition coefficient (Wildman–Crippen LogP) is 5.76. The molecule has 1 heterocycles. The van der Waals surface area contributed by atoms with Gasteiger partial charge in [0.2, 0.25) is 15.9 Å². The molecule has 1 unspecified atom stereocenters.